The minimum atomic E-state index is -0.317. The van der Waals surface area contributed by atoms with Gasteiger partial charge in [-0.05, 0) is 68.9 Å². The number of para-hydroxylation sites is 1. The van der Waals surface area contributed by atoms with Crippen molar-refractivity contribution < 1.29 is 14.3 Å². The lowest BCUT2D eigenvalue weighted by Crippen LogP contribution is -2.38. The van der Waals surface area contributed by atoms with Gasteiger partial charge in [0.1, 0.15) is 21.2 Å². The van der Waals surface area contributed by atoms with Crippen LogP contribution in [0.15, 0.2) is 60.8 Å². The lowest BCUT2D eigenvalue weighted by atomic mass is 10.1. The number of hydrogen-bond acceptors (Lipinski definition) is 6. The van der Waals surface area contributed by atoms with Crippen molar-refractivity contribution >= 4 is 50.6 Å². The second-order valence-electron chi connectivity index (χ2n) is 9.17. The molecule has 3 amide bonds. The van der Waals surface area contributed by atoms with E-state index in [1.807, 2.05) is 68.6 Å². The Bertz CT molecular complexity index is 1490. The number of likely N-dealkylation sites (N-methyl/N-ethyl adjacent to an activating group) is 1. The van der Waals surface area contributed by atoms with E-state index in [-0.39, 0.29) is 18.0 Å². The zero-order chi connectivity index (χ0) is 24.8. The second kappa shape index (κ2) is 8.92. The van der Waals surface area contributed by atoms with E-state index in [4.69, 9.17) is 4.74 Å². The Morgan fingerprint density at radius 2 is 1.97 bits per heavy atom. The molecule has 2 aromatic carbocycles. The fourth-order valence-corrected chi connectivity index (χ4v) is 5.88. The smallest absolute Gasteiger partial charge is 0.331 e. The molecule has 8 nitrogen and oxygen atoms in total. The zero-order valence-corrected chi connectivity index (χ0v) is 20.8. The average molecular weight is 500 g/mol. The van der Waals surface area contributed by atoms with Crippen molar-refractivity contribution in [3.63, 3.8) is 0 Å². The summed E-state index contributed by atoms with van der Waals surface area (Å²) in [4.78, 5) is 36.1. The highest BCUT2D eigenvalue weighted by Gasteiger charge is 2.34. The van der Waals surface area contributed by atoms with Crippen LogP contribution in [0.2, 0.25) is 0 Å². The highest BCUT2D eigenvalue weighted by Crippen LogP contribution is 2.46. The highest BCUT2D eigenvalue weighted by molar-refractivity contribution is 7.21. The summed E-state index contributed by atoms with van der Waals surface area (Å²) in [6, 6.07) is 16.8. The summed E-state index contributed by atoms with van der Waals surface area (Å²) < 4.78 is 5.96. The number of likely N-dealkylation sites (tertiary alicyclic amines) is 1. The molecular weight excluding hydrogens is 474 g/mol. The summed E-state index contributed by atoms with van der Waals surface area (Å²) in [5.74, 6) is 1.26. The molecule has 2 aliphatic rings. The molecule has 2 aromatic heterocycles. The fourth-order valence-electron chi connectivity index (χ4n) is 4.85. The van der Waals surface area contributed by atoms with E-state index in [2.05, 4.69) is 20.5 Å². The van der Waals surface area contributed by atoms with Gasteiger partial charge in [0.05, 0.1) is 22.4 Å². The normalized spacial score (nSPS) is 17.3. The Balaban J connectivity index is 1.34. The number of carbonyl (C=O) groups is 2. The van der Waals surface area contributed by atoms with Crippen molar-refractivity contribution in [1.82, 2.24) is 15.2 Å². The van der Waals surface area contributed by atoms with Crippen molar-refractivity contribution in [3.8, 4) is 11.5 Å². The number of nitrogens with zero attached hydrogens (tertiary/aromatic N) is 3. The van der Waals surface area contributed by atoms with Crippen LogP contribution in [0.4, 0.5) is 21.9 Å². The summed E-state index contributed by atoms with van der Waals surface area (Å²) in [5.41, 5.74) is 2.85. The van der Waals surface area contributed by atoms with E-state index in [9.17, 15) is 9.59 Å². The molecular formula is C27H25N5O3S. The number of aryl methyl sites for hydroxylation is 1. The molecule has 0 radical (unpaired) electrons. The lowest BCUT2D eigenvalue weighted by Gasteiger charge is -2.29. The molecule has 0 unspecified atom stereocenters. The van der Waals surface area contributed by atoms with E-state index < -0.39 is 0 Å². The van der Waals surface area contributed by atoms with Crippen molar-refractivity contribution in [1.29, 1.82) is 0 Å². The van der Waals surface area contributed by atoms with Gasteiger partial charge in [-0.2, -0.15) is 0 Å². The zero-order valence-electron chi connectivity index (χ0n) is 19.9. The molecule has 0 bridgehead atoms. The molecule has 0 saturated carbocycles. The molecule has 0 spiro atoms. The van der Waals surface area contributed by atoms with Crippen LogP contribution in [-0.4, -0.2) is 48.0 Å². The summed E-state index contributed by atoms with van der Waals surface area (Å²) in [5, 5.41) is 6.87. The number of thiophene rings is 1. The van der Waals surface area contributed by atoms with Crippen molar-refractivity contribution in [2.45, 2.75) is 19.4 Å². The number of hydrogen-bond donors (Lipinski definition) is 2. The van der Waals surface area contributed by atoms with Gasteiger partial charge in [-0.25, -0.2) is 9.78 Å². The predicted octanol–water partition coefficient (Wildman–Crippen LogP) is 5.51. The molecule has 36 heavy (non-hydrogen) atoms. The largest absolute Gasteiger partial charge is 0.457 e. The number of amides is 3. The van der Waals surface area contributed by atoms with Gasteiger partial charge in [0.2, 0.25) is 0 Å². The number of nitrogens with one attached hydrogen (secondary N) is 2. The van der Waals surface area contributed by atoms with Crippen LogP contribution in [-0.2, 0) is 0 Å². The SMILES string of the molecule is Cc1cc(Oc2ccccc2)ccc1N1C(=O)Nc2c(C(=O)N[C@@H]3CCN(C)C3)sc3nccc1c23. The molecule has 1 atom stereocenters. The average Bonchev–Trinajstić information content (AvgIpc) is 3.44. The molecule has 4 heterocycles. The van der Waals surface area contributed by atoms with Crippen LogP contribution in [0.5, 0.6) is 11.5 Å². The van der Waals surface area contributed by atoms with Crippen LogP contribution < -0.4 is 20.3 Å². The minimum absolute atomic E-state index is 0.0994. The monoisotopic (exact) mass is 499 g/mol. The first-order chi connectivity index (χ1) is 17.5. The molecule has 0 aliphatic carbocycles. The van der Waals surface area contributed by atoms with Gasteiger partial charge in [0.15, 0.2) is 0 Å². The molecule has 2 N–H and O–H groups in total. The third-order valence-corrected chi connectivity index (χ3v) is 7.66. The number of ether oxygens (including phenoxy) is 1. The van der Waals surface area contributed by atoms with E-state index in [0.717, 1.165) is 41.9 Å². The first-order valence-electron chi connectivity index (χ1n) is 11.8. The third-order valence-electron chi connectivity index (χ3n) is 6.57. The van der Waals surface area contributed by atoms with Crippen LogP contribution >= 0.6 is 11.3 Å². The second-order valence-corrected chi connectivity index (χ2v) is 10.2. The van der Waals surface area contributed by atoms with E-state index in [0.29, 0.717) is 26.8 Å². The molecule has 9 heteroatoms. The van der Waals surface area contributed by atoms with Crippen molar-refractivity contribution in [3.05, 3.63) is 71.2 Å². The number of aromatic nitrogens is 1. The summed E-state index contributed by atoms with van der Waals surface area (Å²) in [6.45, 7) is 3.72. The topological polar surface area (TPSA) is 86.8 Å². The minimum Gasteiger partial charge on any atom is -0.457 e. The van der Waals surface area contributed by atoms with Gasteiger partial charge in [-0.3, -0.25) is 9.69 Å². The van der Waals surface area contributed by atoms with E-state index in [1.54, 1.807) is 11.1 Å². The standard InChI is InChI=1S/C27H25N5O3S/c1-16-14-19(35-18-6-4-3-5-7-18)8-9-20(16)32-21-10-12-28-26-22(21)23(30-27(32)34)24(36-26)25(33)29-17-11-13-31(2)15-17/h3-10,12,14,17H,11,13,15H2,1-2H3,(H,29,33)(H,30,34)/t17-/m1/s1. The maximum Gasteiger partial charge on any atom is 0.331 e. The number of anilines is 3. The van der Waals surface area contributed by atoms with Crippen LogP contribution in [0.1, 0.15) is 21.7 Å². The van der Waals surface area contributed by atoms with Gasteiger partial charge in [0, 0.05) is 18.8 Å². The number of rotatable bonds is 5. The van der Waals surface area contributed by atoms with Gasteiger partial charge < -0.3 is 20.3 Å². The van der Waals surface area contributed by atoms with Crippen molar-refractivity contribution in [2.75, 3.05) is 30.4 Å². The molecule has 1 fully saturated rings. The van der Waals surface area contributed by atoms with Gasteiger partial charge >= 0.3 is 6.03 Å². The number of urea groups is 1. The third kappa shape index (κ3) is 3.96. The quantitative estimate of drug-likeness (QED) is 0.378. The highest BCUT2D eigenvalue weighted by atomic mass is 32.1. The predicted molar refractivity (Wildman–Crippen MR) is 142 cm³/mol. The Kier molecular flexibility index (Phi) is 5.58. The van der Waals surface area contributed by atoms with Gasteiger partial charge in [-0.15, -0.1) is 11.3 Å². The van der Waals surface area contributed by atoms with E-state index >= 15 is 0 Å². The summed E-state index contributed by atoms with van der Waals surface area (Å²) >= 11 is 1.30. The molecule has 6 rings (SSSR count). The number of carbonyl (C=O) groups excluding carboxylic acids is 2. The van der Waals surface area contributed by atoms with Crippen LogP contribution in [0.3, 0.4) is 0 Å². The number of benzene rings is 2. The summed E-state index contributed by atoms with van der Waals surface area (Å²) in [7, 11) is 2.04. The Labute approximate surface area is 212 Å². The van der Waals surface area contributed by atoms with Crippen LogP contribution in [0.25, 0.3) is 10.2 Å². The Hall–Kier alpha value is -3.95. The maximum absolute atomic E-state index is 13.4. The number of pyridine rings is 1. The maximum atomic E-state index is 13.4. The van der Waals surface area contributed by atoms with E-state index in [1.165, 1.54) is 11.3 Å². The molecule has 1 saturated heterocycles. The first kappa shape index (κ1) is 22.5. The first-order valence-corrected chi connectivity index (χ1v) is 12.6. The Morgan fingerprint density at radius 3 is 2.72 bits per heavy atom. The van der Waals surface area contributed by atoms with Crippen LogP contribution in [0, 0.1) is 6.92 Å². The molecule has 4 aromatic rings. The summed E-state index contributed by atoms with van der Waals surface area (Å²) in [6.07, 6.45) is 2.59. The Morgan fingerprint density at radius 1 is 1.14 bits per heavy atom. The van der Waals surface area contributed by atoms with Gasteiger partial charge in [-0.1, -0.05) is 18.2 Å². The molecule has 2 aliphatic heterocycles. The molecule has 182 valence electrons. The fraction of sp³-hybridized carbons (Fsp3) is 0.222. The van der Waals surface area contributed by atoms with Gasteiger partial charge in [0.25, 0.3) is 5.91 Å². The lowest BCUT2D eigenvalue weighted by molar-refractivity contribution is 0.0943. The van der Waals surface area contributed by atoms with Crippen molar-refractivity contribution in [2.24, 2.45) is 0 Å².